The summed E-state index contributed by atoms with van der Waals surface area (Å²) in [6.07, 6.45) is 9.54. The Morgan fingerprint density at radius 2 is 1.40 bits per heavy atom. The quantitative estimate of drug-likeness (QED) is 0.0760. The van der Waals surface area contributed by atoms with Gasteiger partial charge >= 0.3 is 0 Å². The minimum absolute atomic E-state index is 0.109. The first-order valence-corrected chi connectivity index (χ1v) is 19.7. The number of aromatic hydroxyl groups is 1. The fourth-order valence-corrected chi connectivity index (χ4v) is 8.35. The molecule has 6 heteroatoms. The zero-order chi connectivity index (χ0) is 35.3. The number of phenolic OH excluding ortho intramolecular Hbond substituents is 1. The van der Waals surface area contributed by atoms with Crippen molar-refractivity contribution in [2.45, 2.75) is 98.1 Å². The monoisotopic (exact) mass is 687 g/mol. The molecule has 2 unspecified atom stereocenters. The second-order valence-electron chi connectivity index (χ2n) is 15.0. The van der Waals surface area contributed by atoms with Crippen molar-refractivity contribution in [1.29, 1.82) is 0 Å². The highest BCUT2D eigenvalue weighted by Crippen LogP contribution is 2.40. The van der Waals surface area contributed by atoms with Gasteiger partial charge in [0.25, 0.3) is 0 Å². The van der Waals surface area contributed by atoms with Gasteiger partial charge in [0, 0.05) is 17.4 Å². The first kappa shape index (κ1) is 35.9. The first-order valence-electron chi connectivity index (χ1n) is 18.7. The number of aromatic nitrogens is 3. The molecule has 5 aromatic carbocycles. The van der Waals surface area contributed by atoms with Gasteiger partial charge in [-0.2, -0.15) is 0 Å². The Morgan fingerprint density at radius 3 is 2.10 bits per heavy atom. The molecule has 0 fully saturated rings. The number of rotatable bonds is 17. The highest BCUT2D eigenvalue weighted by atomic mass is 32.2. The molecular formula is C44H53N3O2S. The van der Waals surface area contributed by atoms with E-state index >= 15 is 0 Å². The lowest BCUT2D eigenvalue weighted by molar-refractivity contribution is 0.232. The van der Waals surface area contributed by atoms with Crippen molar-refractivity contribution in [2.75, 3.05) is 12.4 Å². The average Bonchev–Trinajstić information content (AvgIpc) is 3.12. The molecule has 1 heterocycles. The van der Waals surface area contributed by atoms with Crippen LogP contribution in [-0.4, -0.2) is 32.4 Å². The van der Waals surface area contributed by atoms with Crippen molar-refractivity contribution in [1.82, 2.24) is 15.0 Å². The van der Waals surface area contributed by atoms with Gasteiger partial charge in [-0.25, -0.2) is 15.0 Å². The van der Waals surface area contributed by atoms with Crippen LogP contribution in [0.2, 0.25) is 0 Å². The van der Waals surface area contributed by atoms with Gasteiger partial charge in [-0.1, -0.05) is 140 Å². The highest BCUT2D eigenvalue weighted by molar-refractivity contribution is 7.99. The van der Waals surface area contributed by atoms with Crippen LogP contribution in [0.25, 0.3) is 55.1 Å². The van der Waals surface area contributed by atoms with E-state index in [1.807, 2.05) is 12.1 Å². The Bertz CT molecular complexity index is 2020. The molecule has 0 saturated carbocycles. The average molecular weight is 688 g/mol. The van der Waals surface area contributed by atoms with Gasteiger partial charge in [0.15, 0.2) is 16.8 Å². The van der Waals surface area contributed by atoms with Gasteiger partial charge in [0.05, 0.1) is 12.2 Å². The SMILES string of the molecule is CCCCC(C)CC(C)(C)CSc1nc(-c2ccc(OCC(CC)CCCC)cc2O)nc(-c2ccc3ccc4cccc5ccc2c3c45)n1. The van der Waals surface area contributed by atoms with Crippen molar-refractivity contribution < 1.29 is 9.84 Å². The van der Waals surface area contributed by atoms with Crippen LogP contribution < -0.4 is 4.74 Å². The molecule has 0 radical (unpaired) electrons. The van der Waals surface area contributed by atoms with Crippen LogP contribution in [-0.2, 0) is 0 Å². The number of benzene rings is 5. The Morgan fingerprint density at radius 1 is 0.760 bits per heavy atom. The molecule has 0 aliphatic rings. The Labute approximate surface area is 302 Å². The molecule has 0 aliphatic carbocycles. The van der Waals surface area contributed by atoms with Gasteiger partial charge in [-0.3, -0.25) is 0 Å². The van der Waals surface area contributed by atoms with Gasteiger partial charge in [0.1, 0.15) is 11.5 Å². The number of nitrogens with zero attached hydrogens (tertiary/aromatic N) is 3. The fraction of sp³-hybridized carbons (Fsp3) is 0.432. The molecule has 1 aromatic heterocycles. The number of ether oxygens (including phenoxy) is 1. The van der Waals surface area contributed by atoms with E-state index in [-0.39, 0.29) is 11.2 Å². The van der Waals surface area contributed by atoms with Crippen molar-refractivity contribution in [3.8, 4) is 34.3 Å². The molecule has 0 aliphatic heterocycles. The number of unbranched alkanes of at least 4 members (excludes halogenated alkanes) is 2. The summed E-state index contributed by atoms with van der Waals surface area (Å²) in [7, 11) is 0. The van der Waals surface area contributed by atoms with Crippen LogP contribution in [0, 0.1) is 17.3 Å². The summed E-state index contributed by atoms with van der Waals surface area (Å²) in [4.78, 5) is 15.1. The molecule has 0 amide bonds. The lowest BCUT2D eigenvalue weighted by atomic mass is 9.83. The molecule has 262 valence electrons. The smallest absolute Gasteiger partial charge is 0.191 e. The van der Waals surface area contributed by atoms with Gasteiger partial charge in [0.2, 0.25) is 0 Å². The molecule has 50 heavy (non-hydrogen) atoms. The lowest BCUT2D eigenvalue weighted by Gasteiger charge is -2.27. The standard InChI is InChI=1S/C44H53N3O2S/c1-7-10-13-29(4)26-44(5,6)28-50-43-46-41(36-23-20-33-18-17-31-15-12-16-32-19-22-35(36)40(33)39(31)32)45-42(47-43)37-24-21-34(25-38(37)48)49-27-30(9-3)14-11-8-2/h12,15-25,29-30,48H,7-11,13-14,26-28H2,1-6H3. The van der Waals surface area contributed by atoms with Crippen LogP contribution in [0.5, 0.6) is 11.5 Å². The minimum atomic E-state index is 0.109. The van der Waals surface area contributed by atoms with Crippen molar-refractivity contribution in [2.24, 2.45) is 17.3 Å². The number of thioether (sulfide) groups is 1. The van der Waals surface area contributed by atoms with E-state index < -0.39 is 0 Å². The van der Waals surface area contributed by atoms with Crippen molar-refractivity contribution >= 4 is 44.1 Å². The zero-order valence-corrected chi connectivity index (χ0v) is 31.6. The summed E-state index contributed by atoms with van der Waals surface area (Å²) in [5.41, 5.74) is 1.66. The zero-order valence-electron chi connectivity index (χ0n) is 30.8. The number of hydrogen-bond donors (Lipinski definition) is 1. The second kappa shape index (κ2) is 16.0. The van der Waals surface area contributed by atoms with E-state index in [9.17, 15) is 5.11 Å². The van der Waals surface area contributed by atoms with Gasteiger partial charge < -0.3 is 9.84 Å². The van der Waals surface area contributed by atoms with Crippen molar-refractivity contribution in [3.05, 3.63) is 72.8 Å². The fourth-order valence-electron chi connectivity index (χ4n) is 7.41. The topological polar surface area (TPSA) is 68.1 Å². The molecule has 6 rings (SSSR count). The van der Waals surface area contributed by atoms with E-state index in [4.69, 9.17) is 19.7 Å². The first-order chi connectivity index (χ1) is 24.2. The summed E-state index contributed by atoms with van der Waals surface area (Å²) >= 11 is 1.69. The van der Waals surface area contributed by atoms with Gasteiger partial charge in [-0.05, 0) is 80.6 Å². The number of phenols is 1. The molecule has 0 bridgehead atoms. The lowest BCUT2D eigenvalue weighted by Crippen LogP contribution is -2.19. The highest BCUT2D eigenvalue weighted by Gasteiger charge is 2.24. The predicted molar refractivity (Wildman–Crippen MR) is 213 cm³/mol. The molecule has 2 atom stereocenters. The summed E-state index contributed by atoms with van der Waals surface area (Å²) < 4.78 is 6.16. The third-order valence-electron chi connectivity index (χ3n) is 10.2. The summed E-state index contributed by atoms with van der Waals surface area (Å²) in [5, 5.41) is 19.3. The van der Waals surface area contributed by atoms with Crippen LogP contribution >= 0.6 is 11.8 Å². The minimum Gasteiger partial charge on any atom is -0.507 e. The van der Waals surface area contributed by atoms with Crippen LogP contribution in [0.4, 0.5) is 0 Å². The molecule has 6 aromatic rings. The van der Waals surface area contributed by atoms with E-state index in [1.54, 1.807) is 17.8 Å². The maximum absolute atomic E-state index is 11.4. The molecule has 0 saturated heterocycles. The van der Waals surface area contributed by atoms with E-state index in [1.165, 1.54) is 59.0 Å². The third kappa shape index (κ3) is 8.18. The van der Waals surface area contributed by atoms with Crippen molar-refractivity contribution in [3.63, 3.8) is 0 Å². The van der Waals surface area contributed by atoms with E-state index in [0.29, 0.717) is 46.6 Å². The predicted octanol–water partition coefficient (Wildman–Crippen LogP) is 12.7. The van der Waals surface area contributed by atoms with Crippen LogP contribution in [0.3, 0.4) is 0 Å². The Balaban J connectivity index is 1.38. The number of hydrogen-bond acceptors (Lipinski definition) is 6. The van der Waals surface area contributed by atoms with Crippen LogP contribution in [0.1, 0.15) is 92.9 Å². The summed E-state index contributed by atoms with van der Waals surface area (Å²) in [5.74, 6) is 3.92. The second-order valence-corrected chi connectivity index (χ2v) is 16.0. The normalized spacial score (nSPS) is 13.4. The maximum atomic E-state index is 11.4. The van der Waals surface area contributed by atoms with E-state index in [2.05, 4.69) is 96.1 Å². The Kier molecular flexibility index (Phi) is 11.5. The summed E-state index contributed by atoms with van der Waals surface area (Å²) in [6.45, 7) is 14.4. The molecule has 5 nitrogen and oxygen atoms in total. The third-order valence-corrected chi connectivity index (χ3v) is 11.5. The maximum Gasteiger partial charge on any atom is 0.191 e. The molecule has 1 N–H and O–H groups in total. The molecular weight excluding hydrogens is 635 g/mol. The molecule has 0 spiro atoms. The largest absolute Gasteiger partial charge is 0.507 e. The van der Waals surface area contributed by atoms with E-state index in [0.717, 1.165) is 36.0 Å². The van der Waals surface area contributed by atoms with Crippen LogP contribution in [0.15, 0.2) is 78.0 Å². The van der Waals surface area contributed by atoms with Gasteiger partial charge in [-0.15, -0.1) is 0 Å². The Hall–Kier alpha value is -3.90. The summed E-state index contributed by atoms with van der Waals surface area (Å²) in [6, 6.07) is 25.1.